The van der Waals surface area contributed by atoms with Gasteiger partial charge in [-0.1, -0.05) is 0 Å². The van der Waals surface area contributed by atoms with Gasteiger partial charge in [0.05, 0.1) is 18.3 Å². The summed E-state index contributed by atoms with van der Waals surface area (Å²) in [7, 11) is 0. The number of nitrogens with zero attached hydrogens (tertiary/aromatic N) is 4. The Hall–Kier alpha value is -2.35. The van der Waals surface area contributed by atoms with E-state index in [2.05, 4.69) is 25.6 Å². The van der Waals surface area contributed by atoms with Crippen LogP contribution in [-0.2, 0) is 17.8 Å². The molecule has 2 aliphatic heterocycles. The lowest BCUT2D eigenvalue weighted by atomic mass is 10.2. The lowest BCUT2D eigenvalue weighted by Gasteiger charge is -2.13. The molecule has 0 bridgehead atoms. The smallest absolute Gasteiger partial charge is 0.165 e. The monoisotopic (exact) mass is 401 g/mol. The molecule has 2 aliphatic rings. The van der Waals surface area contributed by atoms with Crippen LogP contribution in [0.1, 0.15) is 18.5 Å². The minimum Gasteiger partial charge on any atom is -0.491 e. The van der Waals surface area contributed by atoms with Gasteiger partial charge in [-0.05, 0) is 43.2 Å². The summed E-state index contributed by atoms with van der Waals surface area (Å²) in [5.41, 5.74) is 3.14. The quantitative estimate of drug-likeness (QED) is 0.712. The molecule has 0 saturated carbocycles. The lowest BCUT2D eigenvalue weighted by Crippen LogP contribution is -2.28. The highest BCUT2D eigenvalue weighted by molar-refractivity contribution is 5.85. The van der Waals surface area contributed by atoms with Crippen LogP contribution in [-0.4, -0.2) is 45.2 Å². The van der Waals surface area contributed by atoms with Gasteiger partial charge in [-0.2, -0.15) is 5.10 Å². The summed E-state index contributed by atoms with van der Waals surface area (Å²) >= 11 is 0. The minimum atomic E-state index is 0. The van der Waals surface area contributed by atoms with Crippen molar-refractivity contribution in [2.45, 2.75) is 32.0 Å². The number of fused-ring (bicyclic) bond motifs is 1. The Morgan fingerprint density at radius 1 is 1.25 bits per heavy atom. The molecule has 7 nitrogen and oxygen atoms in total. The molecule has 8 heteroatoms. The zero-order valence-electron chi connectivity index (χ0n) is 15.6. The third-order valence-corrected chi connectivity index (χ3v) is 5.11. The number of nitrogens with one attached hydrogen (secondary N) is 1. The number of halogens is 1. The molecule has 1 fully saturated rings. The van der Waals surface area contributed by atoms with Crippen molar-refractivity contribution in [1.82, 2.24) is 24.6 Å². The summed E-state index contributed by atoms with van der Waals surface area (Å²) in [4.78, 5) is 4.54. The molecule has 28 heavy (non-hydrogen) atoms. The summed E-state index contributed by atoms with van der Waals surface area (Å²) in [6, 6.07) is 10.2. The standard InChI is InChI=1S/C20H23N5O2.ClH/c1-2-18(26-11-1)14-27-17-5-3-15(4-6-17)24-9-8-22-20(24)19-12-16-13-21-7-10-25(16)23-19;/h3-6,8-9,12,18,21H,1-2,7,10-11,13-14H2;1H. The van der Waals surface area contributed by atoms with Gasteiger partial charge in [0.25, 0.3) is 0 Å². The largest absolute Gasteiger partial charge is 0.491 e. The summed E-state index contributed by atoms with van der Waals surface area (Å²) in [5, 5.41) is 8.10. The van der Waals surface area contributed by atoms with Gasteiger partial charge in [0.2, 0.25) is 0 Å². The number of hydrogen-bond acceptors (Lipinski definition) is 5. The van der Waals surface area contributed by atoms with E-state index in [1.54, 1.807) is 0 Å². The molecule has 1 atom stereocenters. The van der Waals surface area contributed by atoms with Gasteiger partial charge in [-0.15, -0.1) is 12.4 Å². The highest BCUT2D eigenvalue weighted by Gasteiger charge is 2.17. The molecule has 0 spiro atoms. The van der Waals surface area contributed by atoms with Crippen molar-refractivity contribution >= 4 is 12.4 Å². The van der Waals surface area contributed by atoms with Crippen molar-refractivity contribution in [2.75, 3.05) is 19.8 Å². The van der Waals surface area contributed by atoms with Crippen LogP contribution in [0.5, 0.6) is 5.75 Å². The first-order valence-corrected chi connectivity index (χ1v) is 9.53. The van der Waals surface area contributed by atoms with Gasteiger partial charge < -0.3 is 14.8 Å². The van der Waals surface area contributed by atoms with Crippen LogP contribution in [0.25, 0.3) is 17.2 Å². The maximum Gasteiger partial charge on any atom is 0.165 e. The predicted octanol–water partition coefficient (Wildman–Crippen LogP) is 2.82. The molecule has 1 aromatic carbocycles. The second-order valence-corrected chi connectivity index (χ2v) is 6.98. The predicted molar refractivity (Wildman–Crippen MR) is 108 cm³/mol. The summed E-state index contributed by atoms with van der Waals surface area (Å²) in [5.74, 6) is 1.71. The third kappa shape index (κ3) is 3.78. The fraction of sp³-hybridized carbons (Fsp3) is 0.400. The molecular formula is C20H24ClN5O2. The average molecular weight is 402 g/mol. The van der Waals surface area contributed by atoms with Crippen molar-refractivity contribution in [1.29, 1.82) is 0 Å². The topological polar surface area (TPSA) is 66.1 Å². The second kappa shape index (κ2) is 8.34. The molecule has 148 valence electrons. The van der Waals surface area contributed by atoms with E-state index in [1.165, 1.54) is 5.69 Å². The van der Waals surface area contributed by atoms with Crippen molar-refractivity contribution < 1.29 is 9.47 Å². The van der Waals surface area contributed by atoms with Crippen molar-refractivity contribution in [3.8, 4) is 23.0 Å². The maximum atomic E-state index is 5.86. The van der Waals surface area contributed by atoms with Gasteiger partial charge in [-0.25, -0.2) is 4.98 Å². The number of rotatable bonds is 5. The van der Waals surface area contributed by atoms with E-state index in [0.717, 1.165) is 62.0 Å². The van der Waals surface area contributed by atoms with E-state index in [0.29, 0.717) is 6.61 Å². The Kier molecular flexibility index (Phi) is 5.66. The molecule has 0 aliphatic carbocycles. The fourth-order valence-corrected chi connectivity index (χ4v) is 3.67. The molecule has 1 unspecified atom stereocenters. The van der Waals surface area contributed by atoms with E-state index >= 15 is 0 Å². The van der Waals surface area contributed by atoms with E-state index in [4.69, 9.17) is 14.6 Å². The van der Waals surface area contributed by atoms with Crippen LogP contribution in [0, 0.1) is 0 Å². The highest BCUT2D eigenvalue weighted by atomic mass is 35.5. The summed E-state index contributed by atoms with van der Waals surface area (Å²) in [6.07, 6.45) is 6.22. The van der Waals surface area contributed by atoms with Gasteiger partial charge in [0.1, 0.15) is 18.1 Å². The van der Waals surface area contributed by atoms with Crippen LogP contribution in [0.4, 0.5) is 0 Å². The first-order chi connectivity index (χ1) is 13.4. The molecule has 4 heterocycles. The second-order valence-electron chi connectivity index (χ2n) is 6.98. The number of aromatic nitrogens is 4. The Labute approximate surface area is 170 Å². The normalized spacial score (nSPS) is 18.5. The Morgan fingerprint density at radius 3 is 2.93 bits per heavy atom. The van der Waals surface area contributed by atoms with Gasteiger partial charge >= 0.3 is 0 Å². The van der Waals surface area contributed by atoms with Crippen LogP contribution in [0.15, 0.2) is 42.7 Å². The Morgan fingerprint density at radius 2 is 2.14 bits per heavy atom. The number of ether oxygens (including phenoxy) is 2. The third-order valence-electron chi connectivity index (χ3n) is 5.11. The molecule has 0 amide bonds. The minimum absolute atomic E-state index is 0. The van der Waals surface area contributed by atoms with E-state index < -0.39 is 0 Å². The number of hydrogen-bond donors (Lipinski definition) is 1. The molecular weight excluding hydrogens is 378 g/mol. The molecule has 3 aromatic rings. The molecule has 0 radical (unpaired) electrons. The fourth-order valence-electron chi connectivity index (χ4n) is 3.67. The molecule has 1 saturated heterocycles. The highest BCUT2D eigenvalue weighted by Crippen LogP contribution is 2.24. The summed E-state index contributed by atoms with van der Waals surface area (Å²) < 4.78 is 15.6. The van der Waals surface area contributed by atoms with Crippen molar-refractivity contribution in [3.63, 3.8) is 0 Å². The van der Waals surface area contributed by atoms with Crippen LogP contribution >= 0.6 is 12.4 Å². The Balaban J connectivity index is 0.00000192. The lowest BCUT2D eigenvalue weighted by molar-refractivity contribution is 0.0679. The van der Waals surface area contributed by atoms with Crippen LogP contribution in [0.3, 0.4) is 0 Å². The van der Waals surface area contributed by atoms with E-state index in [1.807, 2.05) is 36.7 Å². The number of benzene rings is 1. The SMILES string of the molecule is Cl.c1cn(-c2ccc(OCC3CCCO3)cc2)c(-c2cc3n(n2)CCNC3)n1. The molecule has 1 N–H and O–H groups in total. The van der Waals surface area contributed by atoms with Crippen LogP contribution < -0.4 is 10.1 Å². The first-order valence-electron chi connectivity index (χ1n) is 9.53. The van der Waals surface area contributed by atoms with Crippen molar-refractivity contribution in [3.05, 3.63) is 48.4 Å². The maximum absolute atomic E-state index is 5.86. The zero-order chi connectivity index (χ0) is 18.1. The van der Waals surface area contributed by atoms with Crippen LogP contribution in [0.2, 0.25) is 0 Å². The van der Waals surface area contributed by atoms with Gasteiger partial charge in [-0.3, -0.25) is 9.25 Å². The Bertz CT molecular complexity index is 892. The van der Waals surface area contributed by atoms with E-state index in [-0.39, 0.29) is 18.5 Å². The van der Waals surface area contributed by atoms with Gasteiger partial charge in [0.15, 0.2) is 5.82 Å². The first kappa shape index (κ1) is 19.0. The summed E-state index contributed by atoms with van der Waals surface area (Å²) in [6.45, 7) is 4.17. The molecule has 2 aromatic heterocycles. The molecule has 5 rings (SSSR count). The van der Waals surface area contributed by atoms with E-state index in [9.17, 15) is 0 Å². The van der Waals surface area contributed by atoms with Gasteiger partial charge in [0, 0.05) is 37.8 Å². The zero-order valence-corrected chi connectivity index (χ0v) is 16.4. The number of imidazole rings is 1. The average Bonchev–Trinajstić information content (AvgIpc) is 3.46. The van der Waals surface area contributed by atoms with Crippen molar-refractivity contribution in [2.24, 2.45) is 0 Å².